The number of piperidine rings is 1. The van der Waals surface area contributed by atoms with E-state index in [1.54, 1.807) is 25.7 Å². The Hall–Kier alpha value is -5.89. The van der Waals surface area contributed by atoms with Crippen LogP contribution in [0.3, 0.4) is 0 Å². The molecule has 0 aromatic heterocycles. The van der Waals surface area contributed by atoms with Crippen LogP contribution < -0.4 is 21.3 Å². The van der Waals surface area contributed by atoms with Crippen LogP contribution in [0.1, 0.15) is 191 Å². The molecular formula is C69H115IN12O12. The molecule has 0 spiro atoms. The largest absolute Gasteiger partial charge is 0.343 e. The van der Waals surface area contributed by atoms with E-state index < -0.39 is 150 Å². The standard InChI is InChI=1S/C69H115IN12O12/c1-18-44(8)58-67(93)76(13)45(9)61(87)82-32-29-52(82)65(91)79(16)54(38-46-25-20-21-26-46)64(90)75(12)40-56(83)71-49(37-47-27-24-28-48(70)36-47)59(85)72-51(34-42(4)5)63(89)80(17)69(10,11)68(94)73-50(33-41(2)3)62(88)78(15)55(66(92)81-30-22-19-23-31-81)39-57(84)77(14)53(35-43(6)7)60(86)74-58/h41,43-55,58H,4,18-40H2,1-3,5-17H3,(H,71,83)(H,72,85)(H,73,94)(H,74,86)/t44-,45-,47?,48?,49-,50-,51-,52-,53-,54-,55-,58-/m0/s1. The van der Waals surface area contributed by atoms with Crippen LogP contribution in [0.2, 0.25) is 0 Å². The molecule has 4 N–H and O–H groups in total. The van der Waals surface area contributed by atoms with E-state index in [-0.39, 0.29) is 55.9 Å². The zero-order valence-electron chi connectivity index (χ0n) is 59.5. The van der Waals surface area contributed by atoms with Gasteiger partial charge < -0.3 is 60.5 Å². The first-order valence-electron chi connectivity index (χ1n) is 34.7. The van der Waals surface area contributed by atoms with Crippen molar-refractivity contribution in [2.24, 2.45) is 29.6 Å². The number of hydrogen-bond acceptors (Lipinski definition) is 12. The summed E-state index contributed by atoms with van der Waals surface area (Å²) in [6.07, 6.45) is 10.4. The van der Waals surface area contributed by atoms with E-state index >= 15 is 4.79 Å². The topological polar surface area (TPSA) is 279 Å². The molecule has 3 heterocycles. The molecule has 530 valence electrons. The average Bonchev–Trinajstić information content (AvgIpc) is 0.827. The van der Waals surface area contributed by atoms with Crippen LogP contribution in [-0.2, 0) is 57.5 Å². The summed E-state index contributed by atoms with van der Waals surface area (Å²) in [7, 11) is 8.77. The summed E-state index contributed by atoms with van der Waals surface area (Å²) in [5.74, 6) is -7.88. The number of nitrogens with zero attached hydrogens (tertiary/aromatic N) is 8. The lowest BCUT2D eigenvalue weighted by Crippen LogP contribution is -2.65. The van der Waals surface area contributed by atoms with Crippen LogP contribution in [0.4, 0.5) is 0 Å². The second-order valence-electron chi connectivity index (χ2n) is 29.4. The zero-order valence-corrected chi connectivity index (χ0v) is 61.6. The number of hydrogen-bond donors (Lipinski definition) is 4. The number of carbonyl (C=O) groups excluding carboxylic acids is 12. The van der Waals surface area contributed by atoms with Gasteiger partial charge in [0.2, 0.25) is 70.9 Å². The van der Waals surface area contributed by atoms with Gasteiger partial charge in [0.05, 0.1) is 13.0 Å². The summed E-state index contributed by atoms with van der Waals surface area (Å²) in [5, 5.41) is 11.7. The maximum atomic E-state index is 15.2. The molecule has 3 saturated heterocycles. The first kappa shape index (κ1) is 78.8. The van der Waals surface area contributed by atoms with Gasteiger partial charge >= 0.3 is 0 Å². The molecule has 0 aromatic rings. The van der Waals surface area contributed by atoms with Crippen molar-refractivity contribution in [3.05, 3.63) is 12.2 Å². The molecule has 94 heavy (non-hydrogen) atoms. The predicted molar refractivity (Wildman–Crippen MR) is 368 cm³/mol. The molecule has 5 aliphatic rings. The van der Waals surface area contributed by atoms with Gasteiger partial charge in [0.25, 0.3) is 0 Å². The van der Waals surface area contributed by atoms with E-state index in [1.165, 1.54) is 90.4 Å². The molecule has 12 amide bonds. The lowest BCUT2D eigenvalue weighted by atomic mass is 9.84. The summed E-state index contributed by atoms with van der Waals surface area (Å²) >= 11 is 2.40. The van der Waals surface area contributed by atoms with Crippen molar-refractivity contribution in [1.82, 2.24) is 60.5 Å². The van der Waals surface area contributed by atoms with Crippen molar-refractivity contribution in [3.63, 3.8) is 0 Å². The molecule has 0 radical (unpaired) electrons. The number of carbonyl (C=O) groups is 12. The molecule has 0 bridgehead atoms. The minimum absolute atomic E-state index is 0.0294. The quantitative estimate of drug-likeness (QED) is 0.107. The van der Waals surface area contributed by atoms with E-state index in [1.807, 2.05) is 34.6 Å². The first-order chi connectivity index (χ1) is 44.0. The Morgan fingerprint density at radius 3 is 1.79 bits per heavy atom. The lowest BCUT2D eigenvalue weighted by molar-refractivity contribution is -0.160. The highest BCUT2D eigenvalue weighted by molar-refractivity contribution is 14.1. The smallest absolute Gasteiger partial charge is 0.246 e. The number of nitrogens with one attached hydrogen (secondary N) is 4. The lowest BCUT2D eigenvalue weighted by Gasteiger charge is -2.45. The normalized spacial score (nSPS) is 29.6. The van der Waals surface area contributed by atoms with E-state index in [9.17, 15) is 52.7 Å². The third kappa shape index (κ3) is 20.6. The van der Waals surface area contributed by atoms with E-state index in [2.05, 4.69) is 50.4 Å². The SMILES string of the molecule is C=C(C)C[C@@H]1NC(=O)[C@H](CC2CCCC(I)C2)NC(=O)CN(C)C(=O)[C@H](CC2CCCC2)N(C)C(=O)[C@@H]2CCN2C(=O)[C@H](C)N(C)C(=O)[C@H]([C@@H](C)CC)NC(=O)[C@H](CC(C)C)N(C)C(=O)C[C@@H](C(=O)N2CCCCC2)N(C)C(=O)[C@H](CC(C)C)NC(=O)C(C)(C)N(C)C1=O. The van der Waals surface area contributed by atoms with Gasteiger partial charge in [0, 0.05) is 65.8 Å². The maximum Gasteiger partial charge on any atom is 0.246 e. The number of amides is 12. The Labute approximate surface area is 573 Å². The number of likely N-dealkylation sites (tertiary alicyclic amines) is 1. The average molecular weight is 1430 g/mol. The summed E-state index contributed by atoms with van der Waals surface area (Å²) in [5.41, 5.74) is -1.15. The molecular weight excluding hydrogens is 1320 g/mol. The Bertz CT molecular complexity index is 2730. The fourth-order valence-electron chi connectivity index (χ4n) is 13.8. The van der Waals surface area contributed by atoms with Crippen molar-refractivity contribution >= 4 is 93.5 Å². The molecule has 2 saturated carbocycles. The van der Waals surface area contributed by atoms with Gasteiger partial charge in [-0.3, -0.25) is 57.5 Å². The van der Waals surface area contributed by atoms with Crippen LogP contribution in [0, 0.1) is 29.6 Å². The minimum Gasteiger partial charge on any atom is -0.343 e. The number of rotatable bonds is 13. The number of fused-ring (bicyclic) bond motifs is 1. The highest BCUT2D eigenvalue weighted by atomic mass is 127. The van der Waals surface area contributed by atoms with Gasteiger partial charge in [-0.1, -0.05) is 115 Å². The summed E-state index contributed by atoms with van der Waals surface area (Å²) in [4.78, 5) is 189. The molecule has 3 aliphatic heterocycles. The molecule has 5 fully saturated rings. The van der Waals surface area contributed by atoms with Crippen LogP contribution in [0.15, 0.2) is 12.2 Å². The highest BCUT2D eigenvalue weighted by Crippen LogP contribution is 2.34. The predicted octanol–water partition coefficient (Wildman–Crippen LogP) is 5.03. The van der Waals surface area contributed by atoms with E-state index in [0.717, 1.165) is 57.8 Å². The van der Waals surface area contributed by atoms with Crippen molar-refractivity contribution in [3.8, 4) is 0 Å². The second-order valence-corrected chi connectivity index (χ2v) is 31.2. The number of likely N-dealkylation sites (N-methyl/N-ethyl adjacent to an activating group) is 6. The Balaban J connectivity index is 1.61. The van der Waals surface area contributed by atoms with Crippen LogP contribution >= 0.6 is 22.6 Å². The number of halogens is 1. The van der Waals surface area contributed by atoms with Gasteiger partial charge in [-0.2, -0.15) is 0 Å². The minimum atomic E-state index is -1.69. The first-order valence-corrected chi connectivity index (χ1v) is 35.9. The molecule has 2 unspecified atom stereocenters. The Kier molecular flexibility index (Phi) is 29.7. The van der Waals surface area contributed by atoms with E-state index in [4.69, 9.17) is 0 Å². The van der Waals surface area contributed by atoms with Gasteiger partial charge in [-0.05, 0) is 128 Å². The van der Waals surface area contributed by atoms with Crippen LogP contribution in [0.25, 0.3) is 0 Å². The Morgan fingerprint density at radius 2 is 1.22 bits per heavy atom. The van der Waals surface area contributed by atoms with Crippen molar-refractivity contribution in [2.45, 2.75) is 255 Å². The second kappa shape index (κ2) is 35.4. The third-order valence-corrected chi connectivity index (χ3v) is 21.8. The zero-order chi connectivity index (χ0) is 70.4. The fraction of sp³-hybridized carbons (Fsp3) is 0.797. The van der Waals surface area contributed by atoms with Crippen molar-refractivity contribution < 1.29 is 57.5 Å². The molecule has 12 atom stereocenters. The van der Waals surface area contributed by atoms with Crippen LogP contribution in [-0.4, -0.2) is 242 Å². The Morgan fingerprint density at radius 1 is 0.606 bits per heavy atom. The number of alkyl halides is 1. The van der Waals surface area contributed by atoms with Gasteiger partial charge in [-0.25, -0.2) is 0 Å². The van der Waals surface area contributed by atoms with E-state index in [0.29, 0.717) is 54.7 Å². The molecule has 2 aliphatic carbocycles. The monoisotopic (exact) mass is 1430 g/mol. The molecule has 24 nitrogen and oxygen atoms in total. The fourth-order valence-corrected chi connectivity index (χ4v) is 15.0. The summed E-state index contributed by atoms with van der Waals surface area (Å²) in [6, 6.07) is -10.5. The maximum absolute atomic E-state index is 15.2. The van der Waals surface area contributed by atoms with Crippen molar-refractivity contribution in [1.29, 1.82) is 0 Å². The van der Waals surface area contributed by atoms with Gasteiger partial charge in [-0.15, -0.1) is 6.58 Å². The summed E-state index contributed by atoms with van der Waals surface area (Å²) in [6.45, 7) is 22.0. The summed E-state index contributed by atoms with van der Waals surface area (Å²) < 4.78 is 0.338. The van der Waals surface area contributed by atoms with Crippen molar-refractivity contribution in [2.75, 3.05) is 68.5 Å². The van der Waals surface area contributed by atoms with Crippen LogP contribution in [0.5, 0.6) is 0 Å². The molecule has 25 heteroatoms. The van der Waals surface area contributed by atoms with Gasteiger partial charge in [0.15, 0.2) is 0 Å². The highest BCUT2D eigenvalue weighted by Gasteiger charge is 2.48. The molecule has 5 rings (SSSR count). The molecule has 0 aromatic carbocycles. The van der Waals surface area contributed by atoms with Gasteiger partial charge in [0.1, 0.15) is 59.9 Å². The third-order valence-electron chi connectivity index (χ3n) is 20.7.